The third kappa shape index (κ3) is 2.84. The average Bonchev–Trinajstić information content (AvgIpc) is 3.24. The Morgan fingerprint density at radius 2 is 1.93 bits per heavy atom. The van der Waals surface area contributed by atoms with Crippen LogP contribution >= 0.6 is 0 Å². The largest absolute Gasteiger partial charge is 0.353 e. The van der Waals surface area contributed by atoms with Crippen LogP contribution in [0.1, 0.15) is 18.3 Å². The van der Waals surface area contributed by atoms with E-state index in [1.165, 1.54) is 6.33 Å². The zero-order chi connectivity index (χ0) is 19.1. The second kappa shape index (κ2) is 6.49. The molecule has 11 nitrogen and oxygen atoms in total. The minimum atomic E-state index is -0.321. The molecule has 1 saturated heterocycles. The van der Waals surface area contributed by atoms with E-state index in [9.17, 15) is 10.1 Å². The summed E-state index contributed by atoms with van der Waals surface area (Å²) in [5.74, 6) is 2.08. The van der Waals surface area contributed by atoms with Gasteiger partial charge in [0, 0.05) is 45.0 Å². The molecule has 0 spiro atoms. The summed E-state index contributed by atoms with van der Waals surface area (Å²) in [6.07, 6.45) is 2.03. The Balaban J connectivity index is 1.60. The minimum Gasteiger partial charge on any atom is -0.353 e. The van der Waals surface area contributed by atoms with E-state index in [0.717, 1.165) is 11.5 Å². The molecule has 0 radical (unpaired) electrons. The van der Waals surface area contributed by atoms with Crippen molar-refractivity contribution in [3.63, 3.8) is 0 Å². The maximum absolute atomic E-state index is 11.6. The molecule has 1 fully saturated rings. The molecular formula is C16H21N9O2. The summed E-state index contributed by atoms with van der Waals surface area (Å²) in [4.78, 5) is 24.0. The van der Waals surface area contributed by atoms with Crippen LogP contribution in [0.5, 0.6) is 0 Å². The van der Waals surface area contributed by atoms with Gasteiger partial charge in [0.15, 0.2) is 0 Å². The van der Waals surface area contributed by atoms with Crippen molar-refractivity contribution in [3.8, 4) is 0 Å². The maximum Gasteiger partial charge on any atom is 0.334 e. The van der Waals surface area contributed by atoms with Crippen LogP contribution in [0.3, 0.4) is 0 Å². The molecule has 0 N–H and O–H groups in total. The third-order valence-electron chi connectivity index (χ3n) is 4.84. The zero-order valence-corrected chi connectivity index (χ0v) is 15.5. The monoisotopic (exact) mass is 371 g/mol. The Hall–Kier alpha value is -3.24. The molecule has 0 unspecified atom stereocenters. The second-order valence-corrected chi connectivity index (χ2v) is 6.55. The Morgan fingerprint density at radius 3 is 2.59 bits per heavy atom. The quantitative estimate of drug-likeness (QED) is 0.493. The highest BCUT2D eigenvalue weighted by molar-refractivity contribution is 5.62. The lowest BCUT2D eigenvalue weighted by Gasteiger charge is -2.36. The molecule has 3 aromatic heterocycles. The van der Waals surface area contributed by atoms with Crippen molar-refractivity contribution in [1.82, 2.24) is 29.4 Å². The molecule has 11 heteroatoms. The van der Waals surface area contributed by atoms with E-state index < -0.39 is 0 Å². The second-order valence-electron chi connectivity index (χ2n) is 6.55. The van der Waals surface area contributed by atoms with E-state index in [4.69, 9.17) is 0 Å². The van der Waals surface area contributed by atoms with Crippen molar-refractivity contribution in [2.45, 2.75) is 20.3 Å². The lowest BCUT2D eigenvalue weighted by molar-refractivity contribution is -0.384. The van der Waals surface area contributed by atoms with Crippen LogP contribution in [0.15, 0.2) is 12.4 Å². The van der Waals surface area contributed by atoms with Gasteiger partial charge in [0.25, 0.3) is 5.78 Å². The molecule has 0 bridgehead atoms. The molecule has 0 amide bonds. The van der Waals surface area contributed by atoms with Gasteiger partial charge in [-0.05, 0) is 13.3 Å². The molecule has 4 heterocycles. The van der Waals surface area contributed by atoms with Crippen molar-refractivity contribution in [2.24, 2.45) is 7.05 Å². The molecule has 1 aliphatic heterocycles. The van der Waals surface area contributed by atoms with Crippen LogP contribution in [0.2, 0.25) is 0 Å². The molecular weight excluding hydrogens is 350 g/mol. The van der Waals surface area contributed by atoms with E-state index in [0.29, 0.717) is 49.9 Å². The summed E-state index contributed by atoms with van der Waals surface area (Å²) in [7, 11) is 1.76. The molecule has 3 aromatic rings. The normalized spacial score (nSPS) is 14.9. The van der Waals surface area contributed by atoms with Gasteiger partial charge in [0.05, 0.1) is 4.92 Å². The first-order chi connectivity index (χ1) is 13.0. The van der Waals surface area contributed by atoms with Crippen molar-refractivity contribution in [1.29, 1.82) is 0 Å². The number of piperazine rings is 1. The summed E-state index contributed by atoms with van der Waals surface area (Å²) in [6.45, 7) is 6.54. The number of aryl methyl sites for hydroxylation is 3. The molecule has 4 rings (SSSR count). The lowest BCUT2D eigenvalue weighted by atomic mass is 10.2. The number of rotatable bonds is 4. The van der Waals surface area contributed by atoms with E-state index in [1.54, 1.807) is 16.2 Å². The summed E-state index contributed by atoms with van der Waals surface area (Å²) >= 11 is 0. The van der Waals surface area contributed by atoms with Crippen LogP contribution in [0, 0.1) is 17.0 Å². The number of hydrogen-bond acceptors (Lipinski definition) is 8. The Kier molecular flexibility index (Phi) is 4.13. The van der Waals surface area contributed by atoms with Gasteiger partial charge in [-0.15, -0.1) is 0 Å². The van der Waals surface area contributed by atoms with Gasteiger partial charge in [0.1, 0.15) is 17.8 Å². The number of fused-ring (bicyclic) bond motifs is 1. The summed E-state index contributed by atoms with van der Waals surface area (Å²) < 4.78 is 3.35. The Morgan fingerprint density at radius 1 is 1.22 bits per heavy atom. The molecule has 0 atom stereocenters. The summed E-state index contributed by atoms with van der Waals surface area (Å²) in [5, 5.41) is 20.2. The highest BCUT2D eigenvalue weighted by atomic mass is 16.6. The van der Waals surface area contributed by atoms with Gasteiger partial charge in [-0.2, -0.15) is 19.7 Å². The number of hydrogen-bond donors (Lipinski definition) is 0. The zero-order valence-electron chi connectivity index (χ0n) is 15.5. The van der Waals surface area contributed by atoms with E-state index in [1.807, 2.05) is 24.8 Å². The lowest BCUT2D eigenvalue weighted by Crippen LogP contribution is -2.48. The average molecular weight is 371 g/mol. The fourth-order valence-electron chi connectivity index (χ4n) is 3.62. The number of nitrogens with zero attached hydrogens (tertiary/aromatic N) is 9. The first-order valence-electron chi connectivity index (χ1n) is 8.87. The van der Waals surface area contributed by atoms with E-state index in [2.05, 4.69) is 25.1 Å². The smallest absolute Gasteiger partial charge is 0.334 e. The van der Waals surface area contributed by atoms with Crippen molar-refractivity contribution in [2.75, 3.05) is 36.0 Å². The van der Waals surface area contributed by atoms with Crippen molar-refractivity contribution in [3.05, 3.63) is 33.9 Å². The summed E-state index contributed by atoms with van der Waals surface area (Å²) in [5.41, 5.74) is 1.52. The molecule has 0 saturated carbocycles. The van der Waals surface area contributed by atoms with Crippen molar-refractivity contribution >= 4 is 23.1 Å². The number of nitro groups is 1. The number of anilines is 2. The molecule has 27 heavy (non-hydrogen) atoms. The van der Waals surface area contributed by atoms with E-state index >= 15 is 0 Å². The fourth-order valence-corrected chi connectivity index (χ4v) is 3.62. The summed E-state index contributed by atoms with van der Waals surface area (Å²) in [6, 6.07) is 1.99. The first-order valence-corrected chi connectivity index (χ1v) is 8.87. The SMILES string of the molecule is CCc1nn(C)c(N2CCN(c3cc(C)nc4ncnn34)CC2)c1[N+](=O)[O-]. The van der Waals surface area contributed by atoms with Crippen LogP contribution < -0.4 is 9.80 Å². The van der Waals surface area contributed by atoms with Crippen LogP contribution in [-0.4, -0.2) is 60.5 Å². The predicted octanol–water partition coefficient (Wildman–Crippen LogP) is 0.963. The standard InChI is InChI=1S/C16H21N9O2/c1-4-12-14(25(26)27)15(21(3)20-12)23-7-5-22(6-8-23)13-9-11(2)19-16-17-10-18-24(13)16/h9-10H,4-8H2,1-3H3. The van der Waals surface area contributed by atoms with Crippen LogP contribution in [-0.2, 0) is 13.5 Å². The molecule has 0 aromatic carbocycles. The van der Waals surface area contributed by atoms with Gasteiger partial charge < -0.3 is 9.80 Å². The predicted molar refractivity (Wildman–Crippen MR) is 99.2 cm³/mol. The highest BCUT2D eigenvalue weighted by Gasteiger charge is 2.31. The van der Waals surface area contributed by atoms with Gasteiger partial charge in [0.2, 0.25) is 5.82 Å². The fraction of sp³-hybridized carbons (Fsp3) is 0.500. The van der Waals surface area contributed by atoms with Crippen molar-refractivity contribution < 1.29 is 4.92 Å². The first kappa shape index (κ1) is 17.2. The third-order valence-corrected chi connectivity index (χ3v) is 4.84. The molecule has 1 aliphatic rings. The van der Waals surface area contributed by atoms with Gasteiger partial charge >= 0.3 is 5.69 Å². The van der Waals surface area contributed by atoms with Crippen LogP contribution in [0.4, 0.5) is 17.3 Å². The highest BCUT2D eigenvalue weighted by Crippen LogP contribution is 2.32. The van der Waals surface area contributed by atoms with Gasteiger partial charge in [-0.25, -0.2) is 9.67 Å². The van der Waals surface area contributed by atoms with Gasteiger partial charge in [-0.1, -0.05) is 6.92 Å². The molecule has 0 aliphatic carbocycles. The minimum absolute atomic E-state index is 0.117. The van der Waals surface area contributed by atoms with Crippen LogP contribution in [0.25, 0.3) is 5.78 Å². The molecule has 142 valence electrons. The van der Waals surface area contributed by atoms with Gasteiger partial charge in [-0.3, -0.25) is 10.1 Å². The number of aromatic nitrogens is 6. The Bertz CT molecular complexity index is 1000. The maximum atomic E-state index is 11.6. The van der Waals surface area contributed by atoms with E-state index in [-0.39, 0.29) is 10.6 Å². The topological polar surface area (TPSA) is 111 Å². The Labute approximate surface area is 155 Å².